The zero-order chi connectivity index (χ0) is 13.7. The lowest BCUT2D eigenvalue weighted by molar-refractivity contribution is -0.118. The van der Waals surface area contributed by atoms with Crippen molar-refractivity contribution in [2.45, 2.75) is 6.04 Å². The van der Waals surface area contributed by atoms with Gasteiger partial charge in [0.1, 0.15) is 18.7 Å². The predicted octanol–water partition coefficient (Wildman–Crippen LogP) is 0.179. The molecule has 3 N–H and O–H groups in total. The van der Waals surface area contributed by atoms with Crippen molar-refractivity contribution in [3.05, 3.63) is 36.9 Å². The van der Waals surface area contributed by atoms with E-state index in [4.69, 9.17) is 10.5 Å². The van der Waals surface area contributed by atoms with E-state index in [2.05, 4.69) is 15.5 Å². The maximum Gasteiger partial charge on any atom is 0.243 e. The van der Waals surface area contributed by atoms with Crippen LogP contribution in [-0.4, -0.2) is 40.4 Å². The van der Waals surface area contributed by atoms with Gasteiger partial charge in [0.15, 0.2) is 0 Å². The normalized spacial score (nSPS) is 12.1. The molecule has 2 rings (SSSR count). The number of methoxy groups -OCH3 is 1. The summed E-state index contributed by atoms with van der Waals surface area (Å²) in [6.45, 7) is 0.178. The van der Waals surface area contributed by atoms with Gasteiger partial charge in [0.05, 0.1) is 12.3 Å². The smallest absolute Gasteiger partial charge is 0.243 e. The SMILES string of the molecule is COCC(N)C(=O)Nc1cccc(-n2cnnc2)c1. The van der Waals surface area contributed by atoms with Crippen molar-refractivity contribution in [2.24, 2.45) is 5.73 Å². The molecule has 1 aromatic carbocycles. The second kappa shape index (κ2) is 6.07. The van der Waals surface area contributed by atoms with Crippen LogP contribution in [0.4, 0.5) is 5.69 Å². The molecule has 0 aliphatic carbocycles. The summed E-state index contributed by atoms with van der Waals surface area (Å²) >= 11 is 0. The molecular weight excluding hydrogens is 246 g/mol. The zero-order valence-electron chi connectivity index (χ0n) is 10.5. The largest absolute Gasteiger partial charge is 0.383 e. The summed E-state index contributed by atoms with van der Waals surface area (Å²) in [6, 6.07) is 6.61. The zero-order valence-corrected chi connectivity index (χ0v) is 10.5. The predicted molar refractivity (Wildman–Crippen MR) is 69.8 cm³/mol. The Morgan fingerprint density at radius 3 is 2.89 bits per heavy atom. The molecule has 0 bridgehead atoms. The Hall–Kier alpha value is -2.25. The molecular formula is C12H15N5O2. The van der Waals surface area contributed by atoms with E-state index >= 15 is 0 Å². The van der Waals surface area contributed by atoms with Crippen LogP contribution < -0.4 is 11.1 Å². The third-order valence-corrected chi connectivity index (χ3v) is 2.51. The van der Waals surface area contributed by atoms with Gasteiger partial charge in [-0.1, -0.05) is 6.07 Å². The van der Waals surface area contributed by atoms with E-state index in [1.807, 2.05) is 12.1 Å². The molecule has 7 nitrogen and oxygen atoms in total. The van der Waals surface area contributed by atoms with Crippen molar-refractivity contribution < 1.29 is 9.53 Å². The summed E-state index contributed by atoms with van der Waals surface area (Å²) in [5.41, 5.74) is 7.15. The first kappa shape index (κ1) is 13.2. The van der Waals surface area contributed by atoms with Crippen LogP contribution in [0.1, 0.15) is 0 Å². The second-order valence-electron chi connectivity index (χ2n) is 3.97. The molecule has 19 heavy (non-hydrogen) atoms. The lowest BCUT2D eigenvalue weighted by Crippen LogP contribution is -2.39. The summed E-state index contributed by atoms with van der Waals surface area (Å²) in [5.74, 6) is -0.289. The van der Waals surface area contributed by atoms with Gasteiger partial charge in [-0.3, -0.25) is 9.36 Å². The van der Waals surface area contributed by atoms with Crippen molar-refractivity contribution in [1.82, 2.24) is 14.8 Å². The van der Waals surface area contributed by atoms with Crippen LogP contribution in [0.25, 0.3) is 5.69 Å². The first-order valence-electron chi connectivity index (χ1n) is 5.71. The third-order valence-electron chi connectivity index (χ3n) is 2.51. The number of rotatable bonds is 5. The van der Waals surface area contributed by atoms with Gasteiger partial charge >= 0.3 is 0 Å². The molecule has 0 saturated carbocycles. The highest BCUT2D eigenvalue weighted by Crippen LogP contribution is 2.14. The van der Waals surface area contributed by atoms with Gasteiger partial charge in [0, 0.05) is 12.8 Å². The van der Waals surface area contributed by atoms with Crippen LogP contribution >= 0.6 is 0 Å². The number of carbonyl (C=O) groups excluding carboxylic acids is 1. The van der Waals surface area contributed by atoms with Crippen LogP contribution in [0.2, 0.25) is 0 Å². The van der Waals surface area contributed by atoms with Crippen molar-refractivity contribution in [2.75, 3.05) is 19.0 Å². The van der Waals surface area contributed by atoms with E-state index in [9.17, 15) is 4.79 Å². The Kier molecular flexibility index (Phi) is 4.22. The Morgan fingerprint density at radius 1 is 1.47 bits per heavy atom. The number of hydrogen-bond acceptors (Lipinski definition) is 5. The number of benzene rings is 1. The van der Waals surface area contributed by atoms with Gasteiger partial charge in [0.2, 0.25) is 5.91 Å². The van der Waals surface area contributed by atoms with Crippen LogP contribution in [0.3, 0.4) is 0 Å². The maximum atomic E-state index is 11.8. The van der Waals surface area contributed by atoms with Crippen molar-refractivity contribution in [3.8, 4) is 5.69 Å². The van der Waals surface area contributed by atoms with E-state index < -0.39 is 6.04 Å². The van der Waals surface area contributed by atoms with Gasteiger partial charge in [-0.2, -0.15) is 0 Å². The van der Waals surface area contributed by atoms with E-state index in [1.165, 1.54) is 7.11 Å². The van der Waals surface area contributed by atoms with Crippen molar-refractivity contribution in [1.29, 1.82) is 0 Å². The number of nitrogens with zero attached hydrogens (tertiary/aromatic N) is 3. The second-order valence-corrected chi connectivity index (χ2v) is 3.97. The average Bonchev–Trinajstić information content (AvgIpc) is 2.93. The molecule has 2 aromatic rings. The van der Waals surface area contributed by atoms with Crippen molar-refractivity contribution >= 4 is 11.6 Å². The number of nitrogens with two attached hydrogens (primary N) is 1. The van der Waals surface area contributed by atoms with Gasteiger partial charge < -0.3 is 15.8 Å². The monoisotopic (exact) mass is 261 g/mol. The van der Waals surface area contributed by atoms with Gasteiger partial charge in [-0.05, 0) is 18.2 Å². The number of anilines is 1. The summed E-state index contributed by atoms with van der Waals surface area (Å²) in [5, 5.41) is 10.2. The Labute approximate surface area is 110 Å². The standard InChI is InChI=1S/C12H15N5O2/c1-19-6-11(13)12(18)16-9-3-2-4-10(5-9)17-7-14-15-8-17/h2-5,7-8,11H,6,13H2,1H3,(H,16,18). The van der Waals surface area contributed by atoms with E-state index in [0.29, 0.717) is 5.69 Å². The molecule has 0 spiro atoms. The quantitative estimate of drug-likeness (QED) is 0.800. The summed E-state index contributed by atoms with van der Waals surface area (Å²) in [4.78, 5) is 11.8. The van der Waals surface area contributed by atoms with E-state index in [0.717, 1.165) is 5.69 Å². The molecule has 0 aliphatic heterocycles. The highest BCUT2D eigenvalue weighted by Gasteiger charge is 2.13. The lowest BCUT2D eigenvalue weighted by Gasteiger charge is -2.12. The number of ether oxygens (including phenoxy) is 1. The van der Waals surface area contributed by atoms with Crippen LogP contribution in [0.5, 0.6) is 0 Å². The van der Waals surface area contributed by atoms with Gasteiger partial charge in [0.25, 0.3) is 0 Å². The molecule has 0 radical (unpaired) electrons. The maximum absolute atomic E-state index is 11.8. The number of carbonyl (C=O) groups is 1. The fourth-order valence-corrected chi connectivity index (χ4v) is 1.57. The molecule has 1 amide bonds. The fourth-order valence-electron chi connectivity index (χ4n) is 1.57. The third kappa shape index (κ3) is 3.36. The van der Waals surface area contributed by atoms with Crippen LogP contribution in [-0.2, 0) is 9.53 Å². The first-order chi connectivity index (χ1) is 9.20. The molecule has 7 heteroatoms. The minimum absolute atomic E-state index is 0.178. The lowest BCUT2D eigenvalue weighted by atomic mass is 10.2. The Bertz CT molecular complexity index is 541. The molecule has 1 atom stereocenters. The molecule has 0 saturated heterocycles. The number of aromatic nitrogens is 3. The first-order valence-corrected chi connectivity index (χ1v) is 5.71. The minimum Gasteiger partial charge on any atom is -0.383 e. The van der Waals surface area contributed by atoms with Crippen molar-refractivity contribution in [3.63, 3.8) is 0 Å². The number of hydrogen-bond donors (Lipinski definition) is 2. The summed E-state index contributed by atoms with van der Waals surface area (Å²) < 4.78 is 6.58. The van der Waals surface area contributed by atoms with E-state index in [1.54, 1.807) is 29.4 Å². The summed E-state index contributed by atoms with van der Waals surface area (Å²) in [6.07, 6.45) is 3.16. The molecule has 100 valence electrons. The van der Waals surface area contributed by atoms with Gasteiger partial charge in [-0.25, -0.2) is 0 Å². The highest BCUT2D eigenvalue weighted by atomic mass is 16.5. The van der Waals surface area contributed by atoms with Crippen LogP contribution in [0.15, 0.2) is 36.9 Å². The molecule has 0 fully saturated rings. The average molecular weight is 261 g/mol. The Morgan fingerprint density at radius 2 is 2.21 bits per heavy atom. The van der Waals surface area contributed by atoms with E-state index in [-0.39, 0.29) is 12.5 Å². The molecule has 1 unspecified atom stereocenters. The number of amides is 1. The topological polar surface area (TPSA) is 95.1 Å². The van der Waals surface area contributed by atoms with Crippen LogP contribution in [0, 0.1) is 0 Å². The fraction of sp³-hybridized carbons (Fsp3) is 0.250. The highest BCUT2D eigenvalue weighted by molar-refractivity contribution is 5.95. The molecule has 1 heterocycles. The minimum atomic E-state index is -0.691. The summed E-state index contributed by atoms with van der Waals surface area (Å²) in [7, 11) is 1.50. The molecule has 0 aliphatic rings. The molecule has 1 aromatic heterocycles. The number of nitrogens with one attached hydrogen (secondary N) is 1. The van der Waals surface area contributed by atoms with Gasteiger partial charge in [-0.15, -0.1) is 10.2 Å². The Balaban J connectivity index is 2.09.